The third kappa shape index (κ3) is 4.89. The number of aryl methyl sites for hydroxylation is 2. The van der Waals surface area contributed by atoms with Crippen LogP contribution in [0.3, 0.4) is 0 Å². The topological polar surface area (TPSA) is 119 Å². The van der Waals surface area contributed by atoms with E-state index >= 15 is 0 Å². The summed E-state index contributed by atoms with van der Waals surface area (Å²) in [5.74, 6) is 0.131. The van der Waals surface area contributed by atoms with Crippen molar-refractivity contribution >= 4 is 15.9 Å². The number of rotatable bonds is 7. The summed E-state index contributed by atoms with van der Waals surface area (Å²) in [4.78, 5) is 12.7. The average Bonchev–Trinajstić information content (AvgIpc) is 3.00. The molecule has 1 aliphatic rings. The van der Waals surface area contributed by atoms with Crippen LogP contribution in [0.5, 0.6) is 0 Å². The van der Waals surface area contributed by atoms with Crippen LogP contribution >= 0.6 is 0 Å². The van der Waals surface area contributed by atoms with Gasteiger partial charge in [0, 0.05) is 19.6 Å². The number of carbonyl (C=O) groups excluding carboxylic acids is 1. The molecule has 2 N–H and O–H groups in total. The van der Waals surface area contributed by atoms with E-state index in [4.69, 9.17) is 0 Å². The lowest BCUT2D eigenvalue weighted by atomic mass is 10.0. The van der Waals surface area contributed by atoms with E-state index in [1.807, 2.05) is 6.92 Å². The first-order valence-electron chi connectivity index (χ1n) is 9.07. The Morgan fingerprint density at radius 2 is 2.00 bits per heavy atom. The molecular formula is C17H24N6O3S. The molecule has 0 saturated carbocycles. The Kier molecular flexibility index (Phi) is 6.17. The Bertz CT molecular complexity index is 878. The number of nitrogens with zero attached hydrogens (tertiary/aromatic N) is 4. The predicted octanol–water partition coefficient (Wildman–Crippen LogP) is 0.734. The number of hydrogen-bond donors (Lipinski definition) is 2. The van der Waals surface area contributed by atoms with E-state index in [9.17, 15) is 13.2 Å². The lowest BCUT2D eigenvalue weighted by molar-refractivity contribution is -0.122. The third-order valence-corrected chi connectivity index (χ3v) is 6.05. The number of tetrazole rings is 1. The molecule has 0 saturated heterocycles. The summed E-state index contributed by atoms with van der Waals surface area (Å²) in [5, 5.41) is 14.4. The molecule has 146 valence electrons. The van der Waals surface area contributed by atoms with E-state index in [-0.39, 0.29) is 23.3 Å². The number of aromatic nitrogens is 4. The van der Waals surface area contributed by atoms with Gasteiger partial charge in [0.1, 0.15) is 0 Å². The minimum atomic E-state index is -3.53. The van der Waals surface area contributed by atoms with Crippen molar-refractivity contribution in [2.24, 2.45) is 0 Å². The van der Waals surface area contributed by atoms with Crippen molar-refractivity contribution < 1.29 is 13.2 Å². The van der Waals surface area contributed by atoms with E-state index in [0.29, 0.717) is 25.2 Å². The van der Waals surface area contributed by atoms with Crippen LogP contribution in [-0.2, 0) is 21.4 Å². The number of nitrogens with one attached hydrogen (secondary N) is 2. The number of amides is 1. The van der Waals surface area contributed by atoms with Crippen molar-refractivity contribution in [1.82, 2.24) is 30.2 Å². The van der Waals surface area contributed by atoms with Crippen LogP contribution in [0.2, 0.25) is 0 Å². The van der Waals surface area contributed by atoms with Gasteiger partial charge in [0.25, 0.3) is 0 Å². The fraction of sp³-hybridized carbons (Fsp3) is 0.529. The van der Waals surface area contributed by atoms with Gasteiger partial charge in [-0.2, -0.15) is 0 Å². The third-order valence-electron chi connectivity index (χ3n) is 4.58. The average molecular weight is 392 g/mol. The Morgan fingerprint density at radius 1 is 1.22 bits per heavy atom. The number of fused-ring (bicyclic) bond motifs is 1. The van der Waals surface area contributed by atoms with Gasteiger partial charge in [-0.1, -0.05) is 24.1 Å². The standard InChI is InChI=1S/C17H24N6O3S/c1-13-6-8-14(9-7-13)27(25,26)19-11-4-10-18-17(24)15-5-2-3-12-23-16(15)20-21-22-23/h6-9,15,19H,2-5,10-12H2,1H3,(H,18,24)/t15-/m1/s1. The molecule has 2 heterocycles. The van der Waals surface area contributed by atoms with Crippen molar-refractivity contribution in [3.05, 3.63) is 35.7 Å². The van der Waals surface area contributed by atoms with Crippen LogP contribution in [0.25, 0.3) is 0 Å². The Labute approximate surface area is 158 Å². The van der Waals surface area contributed by atoms with E-state index in [0.717, 1.165) is 24.9 Å². The van der Waals surface area contributed by atoms with Crippen molar-refractivity contribution in [3.63, 3.8) is 0 Å². The minimum absolute atomic E-state index is 0.116. The van der Waals surface area contributed by atoms with Gasteiger partial charge in [-0.3, -0.25) is 4.79 Å². The van der Waals surface area contributed by atoms with E-state index in [1.165, 1.54) is 0 Å². The van der Waals surface area contributed by atoms with Crippen molar-refractivity contribution in [3.8, 4) is 0 Å². The molecule has 0 bridgehead atoms. The highest BCUT2D eigenvalue weighted by atomic mass is 32.2. The summed E-state index contributed by atoms with van der Waals surface area (Å²) in [6.45, 7) is 3.26. The van der Waals surface area contributed by atoms with Gasteiger partial charge in [0.2, 0.25) is 15.9 Å². The smallest absolute Gasteiger partial charge is 0.240 e. The molecule has 1 amide bonds. The molecule has 1 atom stereocenters. The monoisotopic (exact) mass is 392 g/mol. The molecule has 1 aromatic carbocycles. The minimum Gasteiger partial charge on any atom is -0.355 e. The van der Waals surface area contributed by atoms with Gasteiger partial charge in [0.15, 0.2) is 5.82 Å². The Morgan fingerprint density at radius 3 is 2.78 bits per heavy atom. The molecule has 9 nitrogen and oxygen atoms in total. The van der Waals surface area contributed by atoms with Gasteiger partial charge in [-0.05, 0) is 48.7 Å². The van der Waals surface area contributed by atoms with E-state index in [1.54, 1.807) is 28.9 Å². The Hall–Kier alpha value is -2.33. The molecule has 0 radical (unpaired) electrons. The number of benzene rings is 1. The summed E-state index contributed by atoms with van der Waals surface area (Å²) in [5.41, 5.74) is 1.00. The lowest BCUT2D eigenvalue weighted by Gasteiger charge is -2.13. The summed E-state index contributed by atoms with van der Waals surface area (Å²) < 4.78 is 28.7. The van der Waals surface area contributed by atoms with E-state index in [2.05, 4.69) is 25.6 Å². The second kappa shape index (κ2) is 8.57. The molecule has 0 spiro atoms. The first-order chi connectivity index (χ1) is 13.0. The maximum atomic E-state index is 12.5. The molecular weight excluding hydrogens is 368 g/mol. The largest absolute Gasteiger partial charge is 0.355 e. The van der Waals surface area contributed by atoms with Crippen LogP contribution in [0.1, 0.15) is 43.0 Å². The van der Waals surface area contributed by atoms with Gasteiger partial charge in [0.05, 0.1) is 10.8 Å². The number of sulfonamides is 1. The SMILES string of the molecule is Cc1ccc(S(=O)(=O)NCCCNC(=O)[C@@H]2CCCCn3nnnc32)cc1. The second-order valence-corrected chi connectivity index (χ2v) is 8.43. The molecule has 2 aromatic rings. The summed E-state index contributed by atoms with van der Waals surface area (Å²) in [6.07, 6.45) is 3.09. The predicted molar refractivity (Wildman–Crippen MR) is 98.4 cm³/mol. The number of carbonyl (C=O) groups is 1. The van der Waals surface area contributed by atoms with Crippen LogP contribution < -0.4 is 10.0 Å². The normalized spacial score (nSPS) is 17.1. The highest BCUT2D eigenvalue weighted by molar-refractivity contribution is 7.89. The Balaban J connectivity index is 1.45. The van der Waals surface area contributed by atoms with Crippen LogP contribution in [-0.4, -0.2) is 47.6 Å². The summed E-state index contributed by atoms with van der Waals surface area (Å²) >= 11 is 0. The molecule has 3 rings (SSSR count). The van der Waals surface area contributed by atoms with Crippen molar-refractivity contribution in [1.29, 1.82) is 0 Å². The van der Waals surface area contributed by atoms with Gasteiger partial charge >= 0.3 is 0 Å². The van der Waals surface area contributed by atoms with E-state index < -0.39 is 10.0 Å². The molecule has 1 aromatic heterocycles. The van der Waals surface area contributed by atoms with Gasteiger partial charge < -0.3 is 5.32 Å². The summed E-state index contributed by atoms with van der Waals surface area (Å²) in [6, 6.07) is 6.68. The molecule has 0 aliphatic carbocycles. The summed E-state index contributed by atoms with van der Waals surface area (Å²) in [7, 11) is -3.53. The van der Waals surface area contributed by atoms with Crippen molar-refractivity contribution in [2.75, 3.05) is 13.1 Å². The van der Waals surface area contributed by atoms with Crippen LogP contribution in [0.15, 0.2) is 29.2 Å². The first-order valence-corrected chi connectivity index (χ1v) is 10.6. The molecule has 0 unspecified atom stereocenters. The quantitative estimate of drug-likeness (QED) is 0.671. The second-order valence-electron chi connectivity index (χ2n) is 6.66. The molecule has 0 fully saturated rings. The fourth-order valence-electron chi connectivity index (χ4n) is 3.04. The van der Waals surface area contributed by atoms with Crippen LogP contribution in [0.4, 0.5) is 0 Å². The van der Waals surface area contributed by atoms with Crippen molar-refractivity contribution in [2.45, 2.75) is 50.0 Å². The first kappa shape index (κ1) is 19.4. The van der Waals surface area contributed by atoms with Gasteiger partial charge in [-0.15, -0.1) is 5.10 Å². The maximum Gasteiger partial charge on any atom is 0.240 e. The maximum absolute atomic E-state index is 12.5. The van der Waals surface area contributed by atoms with Gasteiger partial charge in [-0.25, -0.2) is 17.8 Å². The number of hydrogen-bond acceptors (Lipinski definition) is 6. The zero-order valence-electron chi connectivity index (χ0n) is 15.3. The fourth-order valence-corrected chi connectivity index (χ4v) is 4.11. The highest BCUT2D eigenvalue weighted by Gasteiger charge is 2.28. The zero-order valence-corrected chi connectivity index (χ0v) is 16.1. The molecule has 10 heteroatoms. The highest BCUT2D eigenvalue weighted by Crippen LogP contribution is 2.23. The molecule has 1 aliphatic heterocycles. The molecule has 27 heavy (non-hydrogen) atoms. The van der Waals surface area contributed by atoms with Crippen LogP contribution in [0, 0.1) is 6.92 Å². The lowest BCUT2D eigenvalue weighted by Crippen LogP contribution is -2.33. The zero-order chi connectivity index (χ0) is 19.3.